The predicted octanol–water partition coefficient (Wildman–Crippen LogP) is 2.93. The quantitative estimate of drug-likeness (QED) is 0.809. The fraction of sp³-hybridized carbons (Fsp3) is 0.571. The first-order chi connectivity index (χ1) is 7.97. The summed E-state index contributed by atoms with van der Waals surface area (Å²) in [6.45, 7) is 6.04. The number of fused-ring (bicyclic) bond motifs is 1. The maximum Gasteiger partial charge on any atom is 0.122 e. The highest BCUT2D eigenvalue weighted by atomic mass is 32.2. The van der Waals surface area contributed by atoms with Gasteiger partial charge >= 0.3 is 0 Å². The number of hydrogen-bond donors (Lipinski definition) is 0. The van der Waals surface area contributed by atoms with Crippen LogP contribution < -0.4 is 4.74 Å². The van der Waals surface area contributed by atoms with Crippen LogP contribution in [0.3, 0.4) is 0 Å². The van der Waals surface area contributed by atoms with Gasteiger partial charge in [0.15, 0.2) is 0 Å². The highest BCUT2D eigenvalue weighted by molar-refractivity contribution is 7.86. The molecule has 0 spiro atoms. The van der Waals surface area contributed by atoms with Crippen molar-refractivity contribution in [3.8, 4) is 5.75 Å². The number of rotatable bonds is 2. The molecule has 1 aliphatic rings. The molecule has 0 N–H and O–H groups in total. The van der Waals surface area contributed by atoms with Crippen LogP contribution in [0.1, 0.15) is 32.8 Å². The average molecular weight is 252 g/mol. The highest BCUT2D eigenvalue weighted by Gasteiger charge is 2.26. The van der Waals surface area contributed by atoms with Crippen LogP contribution in [0.4, 0.5) is 0 Å². The zero-order valence-corrected chi connectivity index (χ0v) is 11.5. The lowest BCUT2D eigenvalue weighted by Crippen LogP contribution is -2.34. The molecule has 0 bridgehead atoms. The van der Waals surface area contributed by atoms with Crippen molar-refractivity contribution in [1.82, 2.24) is 0 Å². The second-order valence-electron chi connectivity index (χ2n) is 5.51. The molecule has 1 aliphatic heterocycles. The summed E-state index contributed by atoms with van der Waals surface area (Å²) in [5, 5.41) is 0. The summed E-state index contributed by atoms with van der Waals surface area (Å²) in [4.78, 5) is 0. The van der Waals surface area contributed by atoms with Crippen molar-refractivity contribution in [3.63, 3.8) is 0 Å². The molecular weight excluding hydrogens is 232 g/mol. The smallest absolute Gasteiger partial charge is 0.122 e. The van der Waals surface area contributed by atoms with Crippen molar-refractivity contribution < 1.29 is 8.95 Å². The van der Waals surface area contributed by atoms with Gasteiger partial charge in [-0.15, -0.1) is 0 Å². The van der Waals surface area contributed by atoms with Crippen LogP contribution in [-0.2, 0) is 17.2 Å². The SMILES string of the molecule is CC(C)(C)[S@](=O)C[C@@H]1CCc2ccccc2O1. The Balaban J connectivity index is 2.01. The zero-order chi connectivity index (χ0) is 12.5. The number of ether oxygens (including phenoxy) is 1. The molecule has 0 saturated heterocycles. The van der Waals surface area contributed by atoms with Crippen molar-refractivity contribution in [2.45, 2.75) is 44.5 Å². The van der Waals surface area contributed by atoms with Crippen LogP contribution in [0.25, 0.3) is 0 Å². The molecule has 2 rings (SSSR count). The third-order valence-electron chi connectivity index (χ3n) is 3.02. The standard InChI is InChI=1S/C14H20O2S/c1-14(2,3)17(15)10-12-9-8-11-6-4-5-7-13(11)16-12/h4-7,12H,8-10H2,1-3H3/t12-,17+/m0/s1. The van der Waals surface area contributed by atoms with E-state index in [9.17, 15) is 4.21 Å². The zero-order valence-electron chi connectivity index (χ0n) is 10.7. The lowest BCUT2D eigenvalue weighted by Gasteiger charge is -2.28. The third-order valence-corrected chi connectivity index (χ3v) is 5.06. The Labute approximate surface area is 106 Å². The van der Waals surface area contributed by atoms with E-state index < -0.39 is 10.8 Å². The van der Waals surface area contributed by atoms with Gasteiger partial charge < -0.3 is 4.74 Å². The molecule has 1 heterocycles. The van der Waals surface area contributed by atoms with Crippen LogP contribution in [0, 0.1) is 0 Å². The molecular formula is C14H20O2S. The van der Waals surface area contributed by atoms with Gasteiger partial charge in [-0.25, -0.2) is 0 Å². The van der Waals surface area contributed by atoms with E-state index in [1.165, 1.54) is 5.56 Å². The molecule has 1 aromatic rings. The number of para-hydroxylation sites is 1. The first kappa shape index (κ1) is 12.6. The number of aryl methyl sites for hydroxylation is 1. The van der Waals surface area contributed by atoms with Gasteiger partial charge in [-0.2, -0.15) is 0 Å². The molecule has 1 aromatic carbocycles. The van der Waals surface area contributed by atoms with Crippen molar-refractivity contribution in [2.75, 3.05) is 5.75 Å². The molecule has 0 fully saturated rings. The lowest BCUT2D eigenvalue weighted by molar-refractivity contribution is 0.195. The van der Waals surface area contributed by atoms with Crippen LogP contribution >= 0.6 is 0 Å². The first-order valence-electron chi connectivity index (χ1n) is 6.10. The van der Waals surface area contributed by atoms with Crippen LogP contribution in [0.2, 0.25) is 0 Å². The molecule has 0 aliphatic carbocycles. The van der Waals surface area contributed by atoms with Crippen LogP contribution in [0.5, 0.6) is 5.75 Å². The second-order valence-corrected chi connectivity index (χ2v) is 7.76. The Bertz CT molecular complexity index is 420. The van der Waals surface area contributed by atoms with Gasteiger partial charge in [-0.3, -0.25) is 4.21 Å². The summed E-state index contributed by atoms with van der Waals surface area (Å²) >= 11 is 0. The van der Waals surface area contributed by atoms with E-state index in [0.29, 0.717) is 5.75 Å². The Hall–Kier alpha value is -0.830. The molecule has 0 saturated carbocycles. The van der Waals surface area contributed by atoms with Gasteiger partial charge in [-0.1, -0.05) is 18.2 Å². The predicted molar refractivity (Wildman–Crippen MR) is 71.9 cm³/mol. The molecule has 0 radical (unpaired) electrons. The summed E-state index contributed by atoms with van der Waals surface area (Å²) in [5.41, 5.74) is 1.27. The van der Waals surface area contributed by atoms with E-state index in [-0.39, 0.29) is 10.9 Å². The lowest BCUT2D eigenvalue weighted by atomic mass is 10.0. The highest BCUT2D eigenvalue weighted by Crippen LogP contribution is 2.28. The molecule has 17 heavy (non-hydrogen) atoms. The summed E-state index contributed by atoms with van der Waals surface area (Å²) in [5.74, 6) is 1.60. The van der Waals surface area contributed by atoms with E-state index in [0.717, 1.165) is 18.6 Å². The maximum absolute atomic E-state index is 12.1. The molecule has 0 unspecified atom stereocenters. The minimum Gasteiger partial charge on any atom is -0.489 e. The van der Waals surface area contributed by atoms with E-state index in [4.69, 9.17) is 4.74 Å². The molecule has 3 heteroatoms. The summed E-state index contributed by atoms with van der Waals surface area (Å²) in [7, 11) is -0.837. The Morgan fingerprint density at radius 2 is 2.06 bits per heavy atom. The molecule has 94 valence electrons. The van der Waals surface area contributed by atoms with Gasteiger partial charge in [0.1, 0.15) is 11.9 Å². The summed E-state index contributed by atoms with van der Waals surface area (Å²) < 4.78 is 17.8. The summed E-state index contributed by atoms with van der Waals surface area (Å²) in [6.07, 6.45) is 2.10. The van der Waals surface area contributed by atoms with Crippen LogP contribution in [-0.4, -0.2) is 20.8 Å². The van der Waals surface area contributed by atoms with Gasteiger partial charge in [-0.05, 0) is 45.2 Å². The van der Waals surface area contributed by atoms with Crippen molar-refractivity contribution >= 4 is 10.8 Å². The Kier molecular flexibility index (Phi) is 3.57. The fourth-order valence-corrected chi connectivity index (χ4v) is 2.99. The van der Waals surface area contributed by atoms with Crippen molar-refractivity contribution in [2.24, 2.45) is 0 Å². The maximum atomic E-state index is 12.1. The molecule has 2 nitrogen and oxygen atoms in total. The third kappa shape index (κ3) is 3.09. The van der Waals surface area contributed by atoms with E-state index in [2.05, 4.69) is 6.07 Å². The largest absolute Gasteiger partial charge is 0.489 e. The topological polar surface area (TPSA) is 26.3 Å². The Morgan fingerprint density at radius 1 is 1.35 bits per heavy atom. The monoisotopic (exact) mass is 252 g/mol. The van der Waals surface area contributed by atoms with Crippen molar-refractivity contribution in [1.29, 1.82) is 0 Å². The minimum atomic E-state index is -0.837. The van der Waals surface area contributed by atoms with Gasteiger partial charge in [0.2, 0.25) is 0 Å². The normalized spacial score (nSPS) is 21.5. The van der Waals surface area contributed by atoms with Gasteiger partial charge in [0.25, 0.3) is 0 Å². The molecule has 0 amide bonds. The number of hydrogen-bond acceptors (Lipinski definition) is 2. The minimum absolute atomic E-state index is 0.102. The summed E-state index contributed by atoms with van der Waals surface area (Å²) in [6, 6.07) is 8.13. The second kappa shape index (κ2) is 4.81. The van der Waals surface area contributed by atoms with E-state index >= 15 is 0 Å². The molecule has 2 atom stereocenters. The van der Waals surface area contributed by atoms with Gasteiger partial charge in [0, 0.05) is 15.5 Å². The van der Waals surface area contributed by atoms with Crippen LogP contribution in [0.15, 0.2) is 24.3 Å². The van der Waals surface area contributed by atoms with E-state index in [1.54, 1.807) is 0 Å². The van der Waals surface area contributed by atoms with Gasteiger partial charge in [0.05, 0.1) is 5.75 Å². The average Bonchev–Trinajstić information content (AvgIpc) is 2.27. The fourth-order valence-electron chi connectivity index (χ4n) is 1.92. The Morgan fingerprint density at radius 3 is 2.76 bits per heavy atom. The number of benzene rings is 1. The van der Waals surface area contributed by atoms with Crippen molar-refractivity contribution in [3.05, 3.63) is 29.8 Å². The molecule has 0 aromatic heterocycles. The van der Waals surface area contributed by atoms with E-state index in [1.807, 2.05) is 39.0 Å². The first-order valence-corrected chi connectivity index (χ1v) is 7.42.